The summed E-state index contributed by atoms with van der Waals surface area (Å²) in [5, 5.41) is 7.76. The van der Waals surface area contributed by atoms with Crippen LogP contribution in [-0.4, -0.2) is 80.1 Å². The number of aldehydes is 1. The van der Waals surface area contributed by atoms with Crippen LogP contribution in [0.2, 0.25) is 0 Å². The molecule has 0 bridgehead atoms. The predicted octanol–water partition coefficient (Wildman–Crippen LogP) is -1.53. The maximum Gasteiger partial charge on any atom is 0.232 e. The average molecular weight is 591 g/mol. The van der Waals surface area contributed by atoms with Gasteiger partial charge in [-0.1, -0.05) is 0 Å². The van der Waals surface area contributed by atoms with E-state index < -0.39 is 0 Å². The van der Waals surface area contributed by atoms with E-state index in [0.717, 1.165) is 17.7 Å². The number of hydrazine groups is 1. The smallest absolute Gasteiger partial charge is 0.232 e. The first-order valence-electron chi connectivity index (χ1n) is 8.22. The topological polar surface area (TPSA) is 117 Å². The fourth-order valence-corrected chi connectivity index (χ4v) is 0.957. The molecule has 5 radical (unpaired) electrons. The van der Waals surface area contributed by atoms with E-state index in [2.05, 4.69) is 32.6 Å². The Hall–Kier alpha value is -0.950. The third kappa shape index (κ3) is 65.2. The number of nitrogens with one attached hydrogen (secondary N) is 2. The fourth-order valence-electron chi connectivity index (χ4n) is 0.957. The highest BCUT2D eigenvalue weighted by Gasteiger charge is 1.98. The standard InChI is InChI=1S/C6H8N2O.C4H10N2.C3H7ClN.C3H6O.CH6N2.BI.B.ClH/c1-5-6(4-9)3-8(2)7-5;1-4(2)6-5-3;1-5(2)3-4;1-3(2)4;1-3-2;1-2;;/h3-4H,1-2H3;5H,1-3H3;3H,1-2H3;1-2H3;3H,2H2,1H3;;;1H/q;;+1;;;;;/p-1. The van der Waals surface area contributed by atoms with Crippen molar-refractivity contribution in [2.75, 3.05) is 28.2 Å². The Morgan fingerprint density at radius 2 is 1.61 bits per heavy atom. The number of ketones is 1. The van der Waals surface area contributed by atoms with Gasteiger partial charge in [-0.05, 0) is 53.3 Å². The van der Waals surface area contributed by atoms with E-state index in [1.807, 2.05) is 34.9 Å². The zero-order chi connectivity index (χ0) is 24.4. The van der Waals surface area contributed by atoms with Gasteiger partial charge in [0.15, 0.2) is 12.0 Å². The minimum atomic E-state index is 0. The zero-order valence-electron chi connectivity index (χ0n) is 20.2. The molecule has 31 heavy (non-hydrogen) atoms. The second kappa shape index (κ2) is 39.5. The minimum Gasteiger partial charge on any atom is -1.00 e. The summed E-state index contributed by atoms with van der Waals surface area (Å²) < 4.78 is 3.39. The van der Waals surface area contributed by atoms with Crippen LogP contribution in [0.15, 0.2) is 11.3 Å². The first kappa shape index (κ1) is 47.7. The van der Waals surface area contributed by atoms with Crippen molar-refractivity contribution < 1.29 is 26.6 Å². The molecule has 1 rings (SSSR count). The zero-order valence-corrected chi connectivity index (χ0v) is 23.9. The van der Waals surface area contributed by atoms with Crippen LogP contribution >= 0.6 is 34.0 Å². The number of carbonyl (C=O) groups is 2. The van der Waals surface area contributed by atoms with Gasteiger partial charge in [-0.25, -0.2) is 4.58 Å². The lowest BCUT2D eigenvalue weighted by atomic mass is 10.3. The maximum atomic E-state index is 10.2. The van der Waals surface area contributed by atoms with Crippen molar-refractivity contribution in [1.29, 1.82) is 0 Å². The summed E-state index contributed by atoms with van der Waals surface area (Å²) >= 11 is 6.79. The summed E-state index contributed by atoms with van der Waals surface area (Å²) in [6.45, 7) is 8.75. The van der Waals surface area contributed by atoms with Gasteiger partial charge in [-0.2, -0.15) is 32.6 Å². The van der Waals surface area contributed by atoms with Gasteiger partial charge < -0.3 is 22.6 Å². The van der Waals surface area contributed by atoms with E-state index in [0.29, 0.717) is 5.56 Å². The summed E-state index contributed by atoms with van der Waals surface area (Å²) in [5.74, 6) is 4.76. The Bertz CT molecular complexity index is 565. The van der Waals surface area contributed by atoms with Gasteiger partial charge in [-0.3, -0.25) is 20.7 Å². The first-order chi connectivity index (χ1) is 13.4. The van der Waals surface area contributed by atoms with Crippen molar-refractivity contribution in [2.45, 2.75) is 34.6 Å². The largest absolute Gasteiger partial charge is 1.00 e. The molecule has 0 aliphatic rings. The number of nitrogens with two attached hydrogens (primary N) is 1. The molecule has 0 amide bonds. The quantitative estimate of drug-likeness (QED) is 0.0732. The van der Waals surface area contributed by atoms with Gasteiger partial charge >= 0.3 is 0 Å². The molecule has 1 heterocycles. The number of rotatable bonds is 2. The molecule has 0 atom stereocenters. The number of carbonyl (C=O) groups excluding carboxylic acids is 2. The van der Waals surface area contributed by atoms with Crippen molar-refractivity contribution in [1.82, 2.24) is 20.6 Å². The molecule has 0 saturated carbocycles. The number of Topliss-reactive ketones (excluding diaryl/α,β-unsaturated/α-hetero) is 1. The second-order valence-corrected chi connectivity index (χ2v) is 5.70. The Balaban J connectivity index is -0.0000000470. The number of hydrogen-bond donors (Lipinski definition) is 3. The summed E-state index contributed by atoms with van der Waals surface area (Å²) in [6.07, 6.45) is 2.50. The van der Waals surface area contributed by atoms with Crippen LogP contribution in [0, 0.1) is 6.92 Å². The van der Waals surface area contributed by atoms with Crippen LogP contribution in [0.25, 0.3) is 0 Å². The van der Waals surface area contributed by atoms with Crippen molar-refractivity contribution in [3.63, 3.8) is 0 Å². The molecule has 1 aromatic heterocycles. The summed E-state index contributed by atoms with van der Waals surface area (Å²) in [6, 6.07) is 0. The molecule has 14 heteroatoms. The monoisotopic (exact) mass is 590 g/mol. The molecule has 4 N–H and O–H groups in total. The van der Waals surface area contributed by atoms with Crippen LogP contribution in [0.5, 0.6) is 0 Å². The number of aryl methyl sites for hydroxylation is 2. The third-order valence-electron chi connectivity index (χ3n) is 1.71. The number of hydrogen-bond acceptors (Lipinski definition) is 7. The van der Waals surface area contributed by atoms with E-state index in [1.54, 1.807) is 59.0 Å². The summed E-state index contributed by atoms with van der Waals surface area (Å²) in [7, 11) is 8.97. The highest BCUT2D eigenvalue weighted by molar-refractivity contribution is 14.1. The van der Waals surface area contributed by atoms with Gasteiger partial charge in [0.2, 0.25) is 5.67 Å². The second-order valence-electron chi connectivity index (χ2n) is 5.50. The van der Waals surface area contributed by atoms with E-state index in [1.165, 1.54) is 19.5 Å². The van der Waals surface area contributed by atoms with Crippen LogP contribution in [0.4, 0.5) is 0 Å². The molecule has 0 saturated heterocycles. The summed E-state index contributed by atoms with van der Waals surface area (Å²) in [4.78, 5) is 19.6. The molecule has 0 unspecified atom stereocenters. The minimum absolute atomic E-state index is 0. The maximum absolute atomic E-state index is 10.2. The molecule has 179 valence electrons. The van der Waals surface area contributed by atoms with E-state index >= 15 is 0 Å². The van der Waals surface area contributed by atoms with Crippen molar-refractivity contribution in [2.24, 2.45) is 18.0 Å². The molecule has 0 spiro atoms. The Morgan fingerprint density at radius 3 is 1.68 bits per heavy atom. The van der Waals surface area contributed by atoms with E-state index in [-0.39, 0.29) is 26.6 Å². The third-order valence-corrected chi connectivity index (χ3v) is 2.10. The lowest BCUT2D eigenvalue weighted by molar-refractivity contribution is -0.457. The van der Waals surface area contributed by atoms with Gasteiger partial charge in [-0.15, -0.1) is 0 Å². The van der Waals surface area contributed by atoms with Crippen molar-refractivity contribution >= 4 is 71.5 Å². The van der Waals surface area contributed by atoms with Crippen LogP contribution in [-0.2, 0) is 11.8 Å². The molecular formula is C17H37B2Cl2IN7O2. The molecule has 0 fully saturated rings. The molecule has 0 aliphatic carbocycles. The summed E-state index contributed by atoms with van der Waals surface area (Å²) in [5.41, 5.74) is 13.3. The number of hydrazone groups is 1. The lowest BCUT2D eigenvalue weighted by Crippen LogP contribution is -3.00. The van der Waals surface area contributed by atoms with Crippen molar-refractivity contribution in [3.8, 4) is 0 Å². The first-order valence-corrected chi connectivity index (χ1v) is 9.90. The Kier molecular flexibility index (Phi) is 60.8. The number of nitrogens with zero attached hydrogens (tertiary/aromatic N) is 4. The molecular weight excluding hydrogens is 554 g/mol. The number of aromatic nitrogens is 2. The van der Waals surface area contributed by atoms with Gasteiger partial charge in [0.05, 0.1) is 11.3 Å². The lowest BCUT2D eigenvalue weighted by Gasteiger charge is -1.84. The number of halogens is 3. The molecule has 0 aromatic carbocycles. The van der Waals surface area contributed by atoms with Crippen LogP contribution in [0.1, 0.15) is 43.7 Å². The van der Waals surface area contributed by atoms with Gasteiger partial charge in [0, 0.05) is 34.4 Å². The average Bonchev–Trinajstić information content (AvgIpc) is 2.95. The molecule has 1 aromatic rings. The van der Waals surface area contributed by atoms with E-state index in [4.69, 9.17) is 11.6 Å². The highest BCUT2D eigenvalue weighted by Crippen LogP contribution is 1.98. The Morgan fingerprint density at radius 1 is 1.29 bits per heavy atom. The highest BCUT2D eigenvalue weighted by atomic mass is 127. The molecule has 9 nitrogen and oxygen atoms in total. The SMILES string of the molecule is CC(C)=O.CNN.CNN=C(C)C.C[N+](C)=CCl.Cc1nn(C)cc1C=O.[B].[B]I.[Cl-]. The van der Waals surface area contributed by atoms with E-state index in [9.17, 15) is 9.59 Å². The fraction of sp³-hybridized carbons (Fsp3) is 0.588. The van der Waals surface area contributed by atoms with Crippen LogP contribution < -0.4 is 29.1 Å². The van der Waals surface area contributed by atoms with Gasteiger partial charge in [0.25, 0.3) is 0 Å². The Labute approximate surface area is 216 Å². The normalized spacial score (nSPS) is 6.87. The van der Waals surface area contributed by atoms with Crippen LogP contribution in [0.3, 0.4) is 0 Å². The molecule has 0 aliphatic heterocycles. The van der Waals surface area contributed by atoms with Crippen molar-refractivity contribution in [3.05, 3.63) is 17.5 Å². The predicted molar refractivity (Wildman–Crippen MR) is 140 cm³/mol. The van der Waals surface area contributed by atoms with Gasteiger partial charge in [0.1, 0.15) is 19.9 Å².